The zero-order valence-corrected chi connectivity index (χ0v) is 12.3. The van der Waals surface area contributed by atoms with E-state index < -0.39 is 11.5 Å². The van der Waals surface area contributed by atoms with Gasteiger partial charge in [-0.05, 0) is 40.3 Å². The second kappa shape index (κ2) is 6.23. The van der Waals surface area contributed by atoms with E-state index in [1.165, 1.54) is 13.8 Å². The number of carboxylic acids is 1. The molecule has 1 atom stereocenters. The molecule has 1 fully saturated rings. The first-order chi connectivity index (χ1) is 8.77. The van der Waals surface area contributed by atoms with Crippen molar-refractivity contribution in [3.63, 3.8) is 0 Å². The Morgan fingerprint density at radius 1 is 1.37 bits per heavy atom. The van der Waals surface area contributed by atoms with Gasteiger partial charge in [0.05, 0.1) is 0 Å². The van der Waals surface area contributed by atoms with Crippen LogP contribution in [0.25, 0.3) is 0 Å². The van der Waals surface area contributed by atoms with Crippen molar-refractivity contribution in [3.8, 4) is 0 Å². The number of likely N-dealkylation sites (N-methyl/N-ethyl adjacent to an activating group) is 1. The normalized spacial score (nSPS) is 21.9. The van der Waals surface area contributed by atoms with E-state index in [1.807, 2.05) is 14.0 Å². The summed E-state index contributed by atoms with van der Waals surface area (Å²) in [7, 11) is 2.05. The number of aliphatic carboxylic acids is 1. The van der Waals surface area contributed by atoms with Crippen LogP contribution in [-0.2, 0) is 4.79 Å². The van der Waals surface area contributed by atoms with Crippen LogP contribution in [0.5, 0.6) is 0 Å². The van der Waals surface area contributed by atoms with Gasteiger partial charge < -0.3 is 20.2 Å². The number of hydrogen-bond acceptors (Lipinski definition) is 3. The smallest absolute Gasteiger partial charge is 0.328 e. The third-order valence-electron chi connectivity index (χ3n) is 3.59. The van der Waals surface area contributed by atoms with Gasteiger partial charge in [-0.25, -0.2) is 9.59 Å². The number of nitrogens with one attached hydrogen (secondary N) is 1. The Kier molecular flexibility index (Phi) is 5.17. The third-order valence-corrected chi connectivity index (χ3v) is 3.59. The van der Waals surface area contributed by atoms with Crippen molar-refractivity contribution in [1.29, 1.82) is 0 Å². The molecular formula is C13H25N3O3. The number of rotatable bonds is 3. The standard InChI is InChI=1S/C13H25N3O3/c1-5-10-9-15(4)7-6-8-16(10)12(19)14-13(2,3)11(17)18/h10H,5-9H2,1-4H3,(H,14,19)(H,17,18). The molecule has 0 saturated carbocycles. The molecule has 110 valence electrons. The molecule has 0 aliphatic carbocycles. The Bertz CT molecular complexity index is 344. The Labute approximate surface area is 114 Å². The first kappa shape index (κ1) is 15.8. The summed E-state index contributed by atoms with van der Waals surface area (Å²) in [5, 5.41) is 11.7. The van der Waals surface area contributed by atoms with Crippen molar-refractivity contribution >= 4 is 12.0 Å². The highest BCUT2D eigenvalue weighted by atomic mass is 16.4. The van der Waals surface area contributed by atoms with E-state index in [0.717, 1.165) is 25.9 Å². The van der Waals surface area contributed by atoms with Crippen LogP contribution < -0.4 is 5.32 Å². The van der Waals surface area contributed by atoms with Crippen LogP contribution in [0.1, 0.15) is 33.6 Å². The van der Waals surface area contributed by atoms with Gasteiger partial charge in [-0.15, -0.1) is 0 Å². The lowest BCUT2D eigenvalue weighted by molar-refractivity contribution is -0.143. The maximum absolute atomic E-state index is 12.3. The van der Waals surface area contributed by atoms with Crippen LogP contribution in [0.2, 0.25) is 0 Å². The van der Waals surface area contributed by atoms with Gasteiger partial charge in [0.15, 0.2) is 0 Å². The fourth-order valence-corrected chi connectivity index (χ4v) is 2.25. The molecule has 2 N–H and O–H groups in total. The lowest BCUT2D eigenvalue weighted by Gasteiger charge is -2.33. The fraction of sp³-hybridized carbons (Fsp3) is 0.846. The number of carbonyl (C=O) groups is 2. The molecule has 0 aromatic heterocycles. The summed E-state index contributed by atoms with van der Waals surface area (Å²) in [5.41, 5.74) is -1.24. The number of carboxylic acid groups (broad SMARTS) is 1. The Hall–Kier alpha value is -1.30. The lowest BCUT2D eigenvalue weighted by atomic mass is 10.1. The minimum absolute atomic E-state index is 0.136. The van der Waals surface area contributed by atoms with E-state index >= 15 is 0 Å². The molecule has 0 aromatic rings. The molecule has 0 spiro atoms. The van der Waals surface area contributed by atoms with E-state index in [0.29, 0.717) is 6.54 Å². The van der Waals surface area contributed by atoms with E-state index in [-0.39, 0.29) is 12.1 Å². The molecule has 1 heterocycles. The molecule has 1 saturated heterocycles. The fourth-order valence-electron chi connectivity index (χ4n) is 2.25. The predicted molar refractivity (Wildman–Crippen MR) is 73.1 cm³/mol. The zero-order valence-electron chi connectivity index (χ0n) is 12.3. The quantitative estimate of drug-likeness (QED) is 0.802. The summed E-state index contributed by atoms with van der Waals surface area (Å²) in [6.45, 7) is 7.51. The second-order valence-electron chi connectivity index (χ2n) is 5.73. The van der Waals surface area contributed by atoms with Gasteiger partial charge in [0.1, 0.15) is 5.54 Å². The highest BCUT2D eigenvalue weighted by Gasteiger charge is 2.33. The van der Waals surface area contributed by atoms with Crippen molar-refractivity contribution in [2.45, 2.75) is 45.2 Å². The highest BCUT2D eigenvalue weighted by Crippen LogP contribution is 2.13. The molecule has 19 heavy (non-hydrogen) atoms. The van der Waals surface area contributed by atoms with Crippen molar-refractivity contribution in [3.05, 3.63) is 0 Å². The lowest BCUT2D eigenvalue weighted by Crippen LogP contribution is -2.57. The van der Waals surface area contributed by atoms with E-state index in [9.17, 15) is 9.59 Å². The summed E-state index contributed by atoms with van der Waals surface area (Å²) in [6.07, 6.45) is 1.78. The van der Waals surface area contributed by atoms with E-state index in [4.69, 9.17) is 5.11 Å². The molecule has 0 bridgehead atoms. The van der Waals surface area contributed by atoms with Crippen LogP contribution in [0.3, 0.4) is 0 Å². The van der Waals surface area contributed by atoms with Gasteiger partial charge in [-0.3, -0.25) is 0 Å². The van der Waals surface area contributed by atoms with Crippen molar-refractivity contribution in [1.82, 2.24) is 15.1 Å². The molecule has 0 radical (unpaired) electrons. The summed E-state index contributed by atoms with van der Waals surface area (Å²) in [6, 6.07) is -0.147. The molecular weight excluding hydrogens is 246 g/mol. The SMILES string of the molecule is CCC1CN(C)CCCN1C(=O)NC(C)(C)C(=O)O. The summed E-state index contributed by atoms with van der Waals surface area (Å²) in [5.74, 6) is -1.03. The second-order valence-corrected chi connectivity index (χ2v) is 5.73. The van der Waals surface area contributed by atoms with Gasteiger partial charge in [-0.1, -0.05) is 6.92 Å². The number of hydrogen-bond donors (Lipinski definition) is 2. The molecule has 0 aromatic carbocycles. The first-order valence-corrected chi connectivity index (χ1v) is 6.78. The summed E-state index contributed by atoms with van der Waals surface area (Å²) < 4.78 is 0. The van der Waals surface area contributed by atoms with Crippen molar-refractivity contribution < 1.29 is 14.7 Å². The molecule has 1 unspecified atom stereocenters. The zero-order chi connectivity index (χ0) is 14.6. The number of urea groups is 1. The van der Waals surface area contributed by atoms with Gasteiger partial charge in [-0.2, -0.15) is 0 Å². The molecule has 1 rings (SSSR count). The largest absolute Gasteiger partial charge is 0.480 e. The average molecular weight is 271 g/mol. The van der Waals surface area contributed by atoms with Crippen LogP contribution in [-0.4, -0.2) is 65.2 Å². The van der Waals surface area contributed by atoms with Crippen LogP contribution in [0.15, 0.2) is 0 Å². The summed E-state index contributed by atoms with van der Waals surface area (Å²) >= 11 is 0. The maximum atomic E-state index is 12.3. The predicted octanol–water partition coefficient (Wildman–Crippen LogP) is 0.975. The highest BCUT2D eigenvalue weighted by molar-refractivity contribution is 5.85. The Balaban J connectivity index is 2.75. The Morgan fingerprint density at radius 2 is 2.00 bits per heavy atom. The first-order valence-electron chi connectivity index (χ1n) is 6.78. The molecule has 1 aliphatic heterocycles. The maximum Gasteiger partial charge on any atom is 0.328 e. The van der Waals surface area contributed by atoms with Gasteiger partial charge in [0.2, 0.25) is 0 Å². The van der Waals surface area contributed by atoms with Crippen molar-refractivity contribution in [2.75, 3.05) is 26.7 Å². The Morgan fingerprint density at radius 3 is 2.53 bits per heavy atom. The van der Waals surface area contributed by atoms with E-state index in [1.54, 1.807) is 4.90 Å². The van der Waals surface area contributed by atoms with E-state index in [2.05, 4.69) is 10.2 Å². The average Bonchev–Trinajstić information content (AvgIpc) is 2.49. The summed E-state index contributed by atoms with van der Waals surface area (Å²) in [4.78, 5) is 27.3. The van der Waals surface area contributed by atoms with Gasteiger partial charge in [0, 0.05) is 19.1 Å². The van der Waals surface area contributed by atoms with Crippen molar-refractivity contribution in [2.24, 2.45) is 0 Å². The number of amides is 2. The van der Waals surface area contributed by atoms with Gasteiger partial charge in [0.25, 0.3) is 0 Å². The number of carbonyl (C=O) groups excluding carboxylic acids is 1. The minimum Gasteiger partial charge on any atom is -0.480 e. The minimum atomic E-state index is -1.24. The monoisotopic (exact) mass is 271 g/mol. The van der Waals surface area contributed by atoms with Crippen LogP contribution in [0.4, 0.5) is 4.79 Å². The molecule has 6 heteroatoms. The number of nitrogens with zero attached hydrogens (tertiary/aromatic N) is 2. The molecule has 6 nitrogen and oxygen atoms in total. The molecule has 2 amide bonds. The topological polar surface area (TPSA) is 72.9 Å². The third kappa shape index (κ3) is 4.09. The van der Waals surface area contributed by atoms with Crippen LogP contribution >= 0.6 is 0 Å². The molecule has 1 aliphatic rings. The van der Waals surface area contributed by atoms with Crippen LogP contribution in [0, 0.1) is 0 Å². The van der Waals surface area contributed by atoms with Gasteiger partial charge >= 0.3 is 12.0 Å².